The van der Waals surface area contributed by atoms with Gasteiger partial charge in [-0.15, -0.1) is 11.8 Å². The Morgan fingerprint density at radius 3 is 2.30 bits per heavy atom. The maximum absolute atomic E-state index is 12.6. The van der Waals surface area contributed by atoms with Crippen molar-refractivity contribution in [1.82, 2.24) is 4.90 Å². The third-order valence-corrected chi connectivity index (χ3v) is 6.73. The standard InChI is InChI=1S/C26H24N2O4S/c1-32-26(31)21-11-13-22(14-12-21)27-24(30)19-7-9-20(10-8-19)25-28(23(29)17-33-25)16-15-18-5-3-2-4-6-18/h2-14,25H,15-17H2,1H3,(H,27,30)/t25-/m0/s1. The summed E-state index contributed by atoms with van der Waals surface area (Å²) in [5.41, 5.74) is 3.72. The van der Waals surface area contributed by atoms with Crippen LogP contribution in [0.4, 0.5) is 5.69 Å². The Bertz CT molecular complexity index is 1130. The highest BCUT2D eigenvalue weighted by molar-refractivity contribution is 8.00. The quantitative estimate of drug-likeness (QED) is 0.524. The van der Waals surface area contributed by atoms with Crippen molar-refractivity contribution in [2.45, 2.75) is 11.8 Å². The van der Waals surface area contributed by atoms with E-state index in [4.69, 9.17) is 0 Å². The van der Waals surface area contributed by atoms with Crippen LogP contribution in [0.5, 0.6) is 0 Å². The van der Waals surface area contributed by atoms with Gasteiger partial charge < -0.3 is 15.0 Å². The van der Waals surface area contributed by atoms with E-state index in [1.165, 1.54) is 12.7 Å². The van der Waals surface area contributed by atoms with Crippen LogP contribution in [0.25, 0.3) is 0 Å². The van der Waals surface area contributed by atoms with E-state index in [0.29, 0.717) is 29.1 Å². The number of hydrogen-bond donors (Lipinski definition) is 1. The molecule has 1 heterocycles. The first-order valence-electron chi connectivity index (χ1n) is 10.6. The number of hydrogen-bond acceptors (Lipinski definition) is 5. The SMILES string of the molecule is COC(=O)c1ccc(NC(=O)c2ccc([C@@H]3SCC(=O)N3CCc3ccccc3)cc2)cc1. The molecular formula is C26H24N2O4S. The van der Waals surface area contributed by atoms with Gasteiger partial charge >= 0.3 is 5.97 Å². The molecule has 2 amide bonds. The Kier molecular flexibility index (Phi) is 7.10. The van der Waals surface area contributed by atoms with Gasteiger partial charge in [-0.3, -0.25) is 9.59 Å². The molecule has 7 heteroatoms. The lowest BCUT2D eigenvalue weighted by Crippen LogP contribution is -2.30. The van der Waals surface area contributed by atoms with Crippen LogP contribution in [-0.2, 0) is 16.0 Å². The summed E-state index contributed by atoms with van der Waals surface area (Å²) >= 11 is 1.61. The molecular weight excluding hydrogens is 436 g/mol. The van der Waals surface area contributed by atoms with Gasteiger partial charge in [-0.2, -0.15) is 0 Å². The third kappa shape index (κ3) is 5.43. The van der Waals surface area contributed by atoms with Crippen LogP contribution in [0.1, 0.15) is 37.2 Å². The number of carbonyl (C=O) groups excluding carboxylic acids is 3. The molecule has 1 aliphatic heterocycles. The zero-order chi connectivity index (χ0) is 23.2. The minimum Gasteiger partial charge on any atom is -0.465 e. The highest BCUT2D eigenvalue weighted by atomic mass is 32.2. The first-order valence-corrected chi connectivity index (χ1v) is 11.6. The molecule has 0 aliphatic carbocycles. The van der Waals surface area contributed by atoms with Crippen molar-refractivity contribution in [3.63, 3.8) is 0 Å². The highest BCUT2D eigenvalue weighted by Gasteiger charge is 2.32. The molecule has 1 aliphatic rings. The average Bonchev–Trinajstić information content (AvgIpc) is 3.23. The van der Waals surface area contributed by atoms with Gasteiger partial charge in [0.15, 0.2) is 0 Å². The number of nitrogens with one attached hydrogen (secondary N) is 1. The lowest BCUT2D eigenvalue weighted by molar-refractivity contribution is -0.128. The van der Waals surface area contributed by atoms with Crippen LogP contribution in [-0.4, -0.2) is 42.1 Å². The van der Waals surface area contributed by atoms with Crippen LogP contribution in [0.15, 0.2) is 78.9 Å². The summed E-state index contributed by atoms with van der Waals surface area (Å²) in [5, 5.41) is 2.77. The van der Waals surface area contributed by atoms with E-state index in [9.17, 15) is 14.4 Å². The summed E-state index contributed by atoms with van der Waals surface area (Å²) in [5.74, 6) is -0.0744. The van der Waals surface area contributed by atoms with Crippen molar-refractivity contribution < 1.29 is 19.1 Å². The fourth-order valence-corrected chi connectivity index (χ4v) is 4.89. The number of carbonyl (C=O) groups is 3. The Morgan fingerprint density at radius 2 is 1.64 bits per heavy atom. The summed E-state index contributed by atoms with van der Waals surface area (Å²) in [4.78, 5) is 38.5. The molecule has 3 aromatic rings. The monoisotopic (exact) mass is 460 g/mol. The summed E-state index contributed by atoms with van der Waals surface area (Å²) in [6, 6.07) is 24.0. The van der Waals surface area contributed by atoms with Gasteiger partial charge in [0.2, 0.25) is 5.91 Å². The van der Waals surface area contributed by atoms with Crippen LogP contribution < -0.4 is 5.32 Å². The van der Waals surface area contributed by atoms with E-state index in [0.717, 1.165) is 12.0 Å². The molecule has 6 nitrogen and oxygen atoms in total. The van der Waals surface area contributed by atoms with Crippen molar-refractivity contribution in [3.8, 4) is 0 Å². The zero-order valence-electron chi connectivity index (χ0n) is 18.2. The maximum Gasteiger partial charge on any atom is 0.337 e. The molecule has 0 bridgehead atoms. The van der Waals surface area contributed by atoms with Crippen molar-refractivity contribution in [3.05, 3.63) is 101 Å². The molecule has 1 atom stereocenters. The van der Waals surface area contributed by atoms with Gasteiger partial charge in [-0.25, -0.2) is 4.79 Å². The summed E-state index contributed by atoms with van der Waals surface area (Å²) in [7, 11) is 1.32. The molecule has 0 radical (unpaired) electrons. The number of anilines is 1. The topological polar surface area (TPSA) is 75.7 Å². The van der Waals surface area contributed by atoms with E-state index in [1.54, 1.807) is 48.2 Å². The molecule has 3 aromatic carbocycles. The number of benzene rings is 3. The number of ether oxygens (including phenoxy) is 1. The predicted molar refractivity (Wildman–Crippen MR) is 129 cm³/mol. The fourth-order valence-electron chi connectivity index (χ4n) is 3.68. The third-order valence-electron chi connectivity index (χ3n) is 5.47. The van der Waals surface area contributed by atoms with Crippen LogP contribution in [0.3, 0.4) is 0 Å². The summed E-state index contributed by atoms with van der Waals surface area (Å²) in [6.45, 7) is 0.657. The van der Waals surface area contributed by atoms with E-state index in [1.807, 2.05) is 35.2 Å². The van der Waals surface area contributed by atoms with E-state index < -0.39 is 5.97 Å². The second kappa shape index (κ2) is 10.4. The number of esters is 1. The van der Waals surface area contributed by atoms with Gasteiger partial charge in [0.25, 0.3) is 5.91 Å². The minimum atomic E-state index is -0.426. The van der Waals surface area contributed by atoms with Crippen molar-refractivity contribution >= 4 is 35.2 Å². The number of amides is 2. The van der Waals surface area contributed by atoms with Gasteiger partial charge in [-0.05, 0) is 53.9 Å². The van der Waals surface area contributed by atoms with Gasteiger partial charge in [0.1, 0.15) is 5.37 Å². The Balaban J connectivity index is 1.39. The Morgan fingerprint density at radius 1 is 0.970 bits per heavy atom. The Hall–Kier alpha value is -3.58. The molecule has 1 saturated heterocycles. The first-order chi connectivity index (χ1) is 16.0. The maximum atomic E-state index is 12.6. The lowest BCUT2D eigenvalue weighted by Gasteiger charge is -2.24. The number of methoxy groups -OCH3 is 1. The Labute approximate surface area is 196 Å². The van der Waals surface area contributed by atoms with Crippen molar-refractivity contribution in [2.75, 3.05) is 24.7 Å². The first kappa shape index (κ1) is 22.6. The summed E-state index contributed by atoms with van der Waals surface area (Å²) in [6.07, 6.45) is 0.804. The molecule has 0 unspecified atom stereocenters. The predicted octanol–water partition coefficient (Wildman–Crippen LogP) is 4.54. The minimum absolute atomic E-state index is 0.0517. The molecule has 168 valence electrons. The molecule has 0 aromatic heterocycles. The van der Waals surface area contributed by atoms with Gasteiger partial charge in [0.05, 0.1) is 18.4 Å². The molecule has 1 fully saturated rings. The second-order valence-corrected chi connectivity index (χ2v) is 8.70. The smallest absolute Gasteiger partial charge is 0.337 e. The fraction of sp³-hybridized carbons (Fsp3) is 0.192. The highest BCUT2D eigenvalue weighted by Crippen LogP contribution is 2.38. The largest absolute Gasteiger partial charge is 0.465 e. The number of nitrogens with zero attached hydrogens (tertiary/aromatic N) is 1. The van der Waals surface area contributed by atoms with Crippen LogP contribution in [0, 0.1) is 0 Å². The van der Waals surface area contributed by atoms with Crippen LogP contribution in [0.2, 0.25) is 0 Å². The lowest BCUT2D eigenvalue weighted by atomic mass is 10.1. The normalized spacial score (nSPS) is 15.4. The van der Waals surface area contributed by atoms with E-state index >= 15 is 0 Å². The van der Waals surface area contributed by atoms with Crippen molar-refractivity contribution in [2.24, 2.45) is 0 Å². The van der Waals surface area contributed by atoms with Gasteiger partial charge in [-0.1, -0.05) is 42.5 Å². The van der Waals surface area contributed by atoms with Crippen LogP contribution >= 0.6 is 11.8 Å². The number of rotatable bonds is 7. The molecule has 4 rings (SSSR count). The van der Waals surface area contributed by atoms with E-state index in [2.05, 4.69) is 22.2 Å². The molecule has 33 heavy (non-hydrogen) atoms. The van der Waals surface area contributed by atoms with Gasteiger partial charge in [0, 0.05) is 17.8 Å². The second-order valence-electron chi connectivity index (χ2n) is 7.63. The molecule has 0 saturated carbocycles. The number of thioether (sulfide) groups is 1. The molecule has 0 spiro atoms. The van der Waals surface area contributed by atoms with Crippen molar-refractivity contribution in [1.29, 1.82) is 0 Å². The summed E-state index contributed by atoms with van der Waals surface area (Å²) < 4.78 is 4.68. The van der Waals surface area contributed by atoms with E-state index in [-0.39, 0.29) is 17.2 Å². The average molecular weight is 461 g/mol. The zero-order valence-corrected chi connectivity index (χ0v) is 19.0. The molecule has 1 N–H and O–H groups in total.